The van der Waals surface area contributed by atoms with Crippen molar-refractivity contribution in [3.63, 3.8) is 0 Å². The summed E-state index contributed by atoms with van der Waals surface area (Å²) in [7, 11) is 0. The van der Waals surface area contributed by atoms with Crippen LogP contribution in [0.15, 0.2) is 51.7 Å². The Bertz CT molecular complexity index is 766. The van der Waals surface area contributed by atoms with E-state index >= 15 is 0 Å². The molecule has 2 heterocycles. The molecule has 0 radical (unpaired) electrons. The largest absolute Gasteiger partial charge is 0.432 e. The Hall–Kier alpha value is -2.47. The molecular formula is C16H13FN2O2S. The number of carbonyl (C=O) groups is 1. The topological polar surface area (TPSA) is 55.1 Å². The lowest BCUT2D eigenvalue weighted by Gasteiger charge is -2.10. The first-order valence-corrected chi connectivity index (χ1v) is 7.62. The second kappa shape index (κ2) is 6.11. The number of hydrogen-bond donors (Lipinski definition) is 1. The summed E-state index contributed by atoms with van der Waals surface area (Å²) in [6.45, 7) is 1.89. The first kappa shape index (κ1) is 14.5. The highest BCUT2D eigenvalue weighted by atomic mass is 32.1. The minimum absolute atomic E-state index is 0.0126. The van der Waals surface area contributed by atoms with E-state index in [0.717, 1.165) is 5.56 Å². The fourth-order valence-electron chi connectivity index (χ4n) is 1.99. The van der Waals surface area contributed by atoms with Crippen molar-refractivity contribution >= 4 is 17.2 Å². The standard InChI is InChI=1S/C16H13FN2O2S/c1-10(12-6-7-22-9-12)19-15(20)16-18-8-14(21-16)11-2-4-13(17)5-3-11/h2-10H,1H3,(H,19,20)/t10-/m0/s1. The van der Waals surface area contributed by atoms with Crippen LogP contribution in [0.3, 0.4) is 0 Å². The number of rotatable bonds is 4. The average Bonchev–Trinajstić information content (AvgIpc) is 3.20. The minimum Gasteiger partial charge on any atom is -0.432 e. The fraction of sp³-hybridized carbons (Fsp3) is 0.125. The summed E-state index contributed by atoms with van der Waals surface area (Å²) in [5.74, 6) is -0.298. The van der Waals surface area contributed by atoms with E-state index < -0.39 is 0 Å². The number of aromatic nitrogens is 1. The summed E-state index contributed by atoms with van der Waals surface area (Å²) in [5.41, 5.74) is 1.70. The summed E-state index contributed by atoms with van der Waals surface area (Å²) in [6, 6.07) is 7.64. The number of carbonyl (C=O) groups excluding carboxylic acids is 1. The van der Waals surface area contributed by atoms with E-state index in [9.17, 15) is 9.18 Å². The number of benzene rings is 1. The molecule has 22 heavy (non-hydrogen) atoms. The van der Waals surface area contributed by atoms with Gasteiger partial charge in [-0.15, -0.1) is 0 Å². The van der Waals surface area contributed by atoms with Crippen LogP contribution in [-0.2, 0) is 0 Å². The van der Waals surface area contributed by atoms with Gasteiger partial charge in [0.15, 0.2) is 5.76 Å². The summed E-state index contributed by atoms with van der Waals surface area (Å²) in [4.78, 5) is 16.1. The van der Waals surface area contributed by atoms with Crippen molar-refractivity contribution in [1.29, 1.82) is 0 Å². The van der Waals surface area contributed by atoms with Gasteiger partial charge in [0, 0.05) is 5.56 Å². The normalized spacial score (nSPS) is 12.1. The van der Waals surface area contributed by atoms with Crippen molar-refractivity contribution < 1.29 is 13.6 Å². The van der Waals surface area contributed by atoms with Gasteiger partial charge in [0.05, 0.1) is 12.2 Å². The van der Waals surface area contributed by atoms with Crippen LogP contribution in [0.25, 0.3) is 11.3 Å². The maximum absolute atomic E-state index is 12.9. The molecule has 112 valence electrons. The minimum atomic E-state index is -0.382. The number of oxazole rings is 1. The Morgan fingerprint density at radius 2 is 2.09 bits per heavy atom. The molecule has 0 unspecified atom stereocenters. The van der Waals surface area contributed by atoms with Gasteiger partial charge in [0.25, 0.3) is 5.89 Å². The molecule has 1 N–H and O–H groups in total. The molecule has 2 aromatic heterocycles. The van der Waals surface area contributed by atoms with E-state index in [-0.39, 0.29) is 23.7 Å². The van der Waals surface area contributed by atoms with Crippen LogP contribution in [0.1, 0.15) is 29.2 Å². The SMILES string of the molecule is C[C@H](NC(=O)c1ncc(-c2ccc(F)cc2)o1)c1ccsc1. The summed E-state index contributed by atoms with van der Waals surface area (Å²) < 4.78 is 18.4. The van der Waals surface area contributed by atoms with Crippen LogP contribution in [0, 0.1) is 5.82 Å². The molecule has 0 bridgehead atoms. The lowest BCUT2D eigenvalue weighted by Crippen LogP contribution is -2.26. The summed E-state index contributed by atoms with van der Waals surface area (Å²) in [5, 5.41) is 6.75. The quantitative estimate of drug-likeness (QED) is 0.790. The maximum atomic E-state index is 12.9. The van der Waals surface area contributed by atoms with Crippen LogP contribution in [0.5, 0.6) is 0 Å². The zero-order valence-electron chi connectivity index (χ0n) is 11.7. The number of hydrogen-bond acceptors (Lipinski definition) is 4. The van der Waals surface area contributed by atoms with Crippen LogP contribution in [-0.4, -0.2) is 10.9 Å². The molecule has 0 fully saturated rings. The number of nitrogens with one attached hydrogen (secondary N) is 1. The number of amides is 1. The van der Waals surface area contributed by atoms with E-state index in [4.69, 9.17) is 4.42 Å². The van der Waals surface area contributed by atoms with E-state index in [2.05, 4.69) is 10.3 Å². The van der Waals surface area contributed by atoms with Crippen molar-refractivity contribution in [2.24, 2.45) is 0 Å². The van der Waals surface area contributed by atoms with E-state index in [0.29, 0.717) is 11.3 Å². The highest BCUT2D eigenvalue weighted by Crippen LogP contribution is 2.21. The first-order chi connectivity index (χ1) is 10.6. The Labute approximate surface area is 130 Å². The number of nitrogens with zero attached hydrogens (tertiary/aromatic N) is 1. The van der Waals surface area contributed by atoms with Gasteiger partial charge in [0.2, 0.25) is 0 Å². The number of thiophene rings is 1. The van der Waals surface area contributed by atoms with Gasteiger partial charge in [-0.1, -0.05) is 0 Å². The Kier molecular flexibility index (Phi) is 4.02. The second-order valence-electron chi connectivity index (χ2n) is 4.79. The fourth-order valence-corrected chi connectivity index (χ4v) is 2.74. The summed E-state index contributed by atoms with van der Waals surface area (Å²) in [6.07, 6.45) is 1.46. The van der Waals surface area contributed by atoms with Crippen LogP contribution < -0.4 is 5.32 Å². The van der Waals surface area contributed by atoms with Crippen LogP contribution in [0.2, 0.25) is 0 Å². The Balaban J connectivity index is 1.73. The zero-order valence-corrected chi connectivity index (χ0v) is 12.6. The highest BCUT2D eigenvalue weighted by Gasteiger charge is 2.17. The molecule has 6 heteroatoms. The molecule has 1 aromatic carbocycles. The number of halogens is 1. The van der Waals surface area contributed by atoms with Gasteiger partial charge in [0.1, 0.15) is 5.82 Å². The lowest BCUT2D eigenvalue weighted by atomic mass is 10.2. The third kappa shape index (κ3) is 3.07. The monoisotopic (exact) mass is 316 g/mol. The molecule has 3 rings (SSSR count). The lowest BCUT2D eigenvalue weighted by molar-refractivity contribution is 0.0905. The van der Waals surface area contributed by atoms with E-state index in [1.54, 1.807) is 23.5 Å². The van der Waals surface area contributed by atoms with Gasteiger partial charge < -0.3 is 9.73 Å². The van der Waals surface area contributed by atoms with Gasteiger partial charge in [-0.3, -0.25) is 4.79 Å². The molecule has 0 saturated carbocycles. The van der Waals surface area contributed by atoms with Crippen molar-refractivity contribution in [2.75, 3.05) is 0 Å². The molecule has 0 aliphatic heterocycles. The predicted octanol–water partition coefficient (Wildman–Crippen LogP) is 4.03. The van der Waals surface area contributed by atoms with Crippen molar-refractivity contribution in [3.8, 4) is 11.3 Å². The third-order valence-corrected chi connectivity index (χ3v) is 3.92. The van der Waals surface area contributed by atoms with E-state index in [1.165, 1.54) is 18.3 Å². The van der Waals surface area contributed by atoms with Gasteiger partial charge in [-0.05, 0) is 53.6 Å². The van der Waals surface area contributed by atoms with Crippen LogP contribution in [0.4, 0.5) is 4.39 Å². The Morgan fingerprint density at radius 1 is 1.32 bits per heavy atom. The molecule has 4 nitrogen and oxygen atoms in total. The average molecular weight is 316 g/mol. The third-order valence-electron chi connectivity index (χ3n) is 3.22. The summed E-state index contributed by atoms with van der Waals surface area (Å²) >= 11 is 1.57. The second-order valence-corrected chi connectivity index (χ2v) is 5.57. The predicted molar refractivity (Wildman–Crippen MR) is 82.1 cm³/mol. The molecule has 0 saturated heterocycles. The molecule has 0 aliphatic carbocycles. The molecule has 3 aromatic rings. The first-order valence-electron chi connectivity index (χ1n) is 6.68. The molecule has 1 amide bonds. The molecule has 0 spiro atoms. The van der Waals surface area contributed by atoms with Crippen molar-refractivity contribution in [1.82, 2.24) is 10.3 Å². The van der Waals surface area contributed by atoms with Gasteiger partial charge >= 0.3 is 5.91 Å². The van der Waals surface area contributed by atoms with E-state index in [1.807, 2.05) is 23.8 Å². The van der Waals surface area contributed by atoms with Crippen molar-refractivity contribution in [2.45, 2.75) is 13.0 Å². The smallest absolute Gasteiger partial charge is 0.307 e. The Morgan fingerprint density at radius 3 is 2.77 bits per heavy atom. The van der Waals surface area contributed by atoms with Crippen LogP contribution >= 0.6 is 11.3 Å². The molecule has 1 atom stereocenters. The maximum Gasteiger partial charge on any atom is 0.307 e. The van der Waals surface area contributed by atoms with Gasteiger partial charge in [-0.2, -0.15) is 11.3 Å². The molecule has 0 aliphatic rings. The van der Waals surface area contributed by atoms with Crippen molar-refractivity contribution in [3.05, 3.63) is 64.6 Å². The van der Waals surface area contributed by atoms with Gasteiger partial charge in [-0.25, -0.2) is 9.37 Å². The zero-order chi connectivity index (χ0) is 15.5. The molecular weight excluding hydrogens is 303 g/mol. The highest BCUT2D eigenvalue weighted by molar-refractivity contribution is 7.07.